The maximum atomic E-state index is 5.40. The van der Waals surface area contributed by atoms with Crippen LogP contribution in [0.5, 0.6) is 5.75 Å². The van der Waals surface area contributed by atoms with E-state index in [0.29, 0.717) is 6.54 Å². The SMILES string of the molecule is COc1ccc(CN)cc1.Cn1ccn(-c2ccccc2)[c]1=[Pt]. The summed E-state index contributed by atoms with van der Waals surface area (Å²) in [5, 5.41) is 0. The zero-order valence-electron chi connectivity index (χ0n) is 13.3. The average molecular weight is 490 g/mol. The Hall–Kier alpha value is -1.90. The number of benzene rings is 2. The van der Waals surface area contributed by atoms with Crippen molar-refractivity contribution in [1.29, 1.82) is 0 Å². The molecule has 0 radical (unpaired) electrons. The molecule has 0 aliphatic rings. The van der Waals surface area contributed by atoms with Gasteiger partial charge in [-0.1, -0.05) is 12.1 Å². The molecule has 0 unspecified atom stereocenters. The van der Waals surface area contributed by atoms with Crippen molar-refractivity contribution >= 4 is 0 Å². The number of aromatic nitrogens is 2. The van der Waals surface area contributed by atoms with E-state index in [4.69, 9.17) is 10.5 Å². The first-order chi connectivity index (χ1) is 11.2. The topological polar surface area (TPSA) is 45.1 Å². The maximum absolute atomic E-state index is 5.40. The van der Waals surface area contributed by atoms with Gasteiger partial charge in [-0.05, 0) is 17.7 Å². The summed E-state index contributed by atoms with van der Waals surface area (Å²) in [5.41, 5.74) is 7.73. The third-order valence-electron chi connectivity index (χ3n) is 3.32. The molecule has 4 nitrogen and oxygen atoms in total. The van der Waals surface area contributed by atoms with Crippen LogP contribution in [0.3, 0.4) is 0 Å². The van der Waals surface area contributed by atoms with Crippen LogP contribution in [-0.2, 0) is 32.9 Å². The van der Waals surface area contributed by atoms with Crippen molar-refractivity contribution < 1.29 is 24.1 Å². The van der Waals surface area contributed by atoms with E-state index in [1.54, 1.807) is 7.11 Å². The number of aryl methyl sites for hydroxylation is 1. The average Bonchev–Trinajstić information content (AvgIpc) is 2.95. The molecule has 5 heteroatoms. The summed E-state index contributed by atoms with van der Waals surface area (Å²) >= 11 is 2.31. The van der Waals surface area contributed by atoms with Gasteiger partial charge in [0.25, 0.3) is 0 Å². The van der Waals surface area contributed by atoms with Crippen molar-refractivity contribution in [1.82, 2.24) is 9.13 Å². The van der Waals surface area contributed by atoms with Crippen LogP contribution in [0.15, 0.2) is 67.0 Å². The summed E-state index contributed by atoms with van der Waals surface area (Å²) in [4.78, 5) is 0. The molecule has 2 aromatic carbocycles. The van der Waals surface area contributed by atoms with Crippen LogP contribution in [-0.4, -0.2) is 16.2 Å². The number of rotatable bonds is 3. The Morgan fingerprint density at radius 3 is 2.13 bits per heavy atom. The summed E-state index contributed by atoms with van der Waals surface area (Å²) in [6.07, 6.45) is 4.12. The summed E-state index contributed by atoms with van der Waals surface area (Å²) in [6.45, 7) is 0.587. The van der Waals surface area contributed by atoms with Crippen molar-refractivity contribution in [3.05, 3.63) is 76.4 Å². The molecule has 3 aromatic rings. The van der Waals surface area contributed by atoms with E-state index in [2.05, 4.69) is 53.0 Å². The second kappa shape index (κ2) is 8.66. The molecule has 0 saturated heterocycles. The Labute approximate surface area is 147 Å². The van der Waals surface area contributed by atoms with Crippen LogP contribution >= 0.6 is 0 Å². The summed E-state index contributed by atoms with van der Waals surface area (Å²) in [6, 6.07) is 18.0. The van der Waals surface area contributed by atoms with Crippen LogP contribution in [0.1, 0.15) is 5.56 Å². The zero-order chi connectivity index (χ0) is 16.7. The summed E-state index contributed by atoms with van der Waals surface area (Å²) in [5.74, 6) is 0.872. The molecule has 2 N–H and O–H groups in total. The number of nitrogens with two attached hydrogens (primary N) is 1. The molecule has 0 amide bonds. The van der Waals surface area contributed by atoms with Gasteiger partial charge in [0.2, 0.25) is 0 Å². The molecule has 1 heterocycles. The molecule has 124 valence electrons. The van der Waals surface area contributed by atoms with E-state index in [9.17, 15) is 0 Å². The predicted octanol–water partition coefficient (Wildman–Crippen LogP) is 3.05. The van der Waals surface area contributed by atoms with Gasteiger partial charge < -0.3 is 10.5 Å². The summed E-state index contributed by atoms with van der Waals surface area (Å²) < 4.78 is 10.4. The molecule has 0 aliphatic carbocycles. The monoisotopic (exact) mass is 490 g/mol. The Morgan fingerprint density at radius 2 is 1.65 bits per heavy atom. The molecular formula is C18H21N3OPt. The van der Waals surface area contributed by atoms with Crippen molar-refractivity contribution in [3.63, 3.8) is 0 Å². The van der Waals surface area contributed by atoms with Gasteiger partial charge in [-0.25, -0.2) is 0 Å². The van der Waals surface area contributed by atoms with Crippen LogP contribution in [0.4, 0.5) is 0 Å². The van der Waals surface area contributed by atoms with Crippen molar-refractivity contribution in [3.8, 4) is 11.4 Å². The van der Waals surface area contributed by atoms with E-state index in [1.165, 1.54) is 9.49 Å². The van der Waals surface area contributed by atoms with Crippen molar-refractivity contribution in [2.24, 2.45) is 12.8 Å². The fraction of sp³-hybridized carbons (Fsp3) is 0.167. The van der Waals surface area contributed by atoms with Gasteiger partial charge in [0.05, 0.1) is 7.11 Å². The Bertz CT molecular complexity index is 753. The fourth-order valence-corrected chi connectivity index (χ4v) is 2.62. The molecule has 0 bridgehead atoms. The van der Waals surface area contributed by atoms with Gasteiger partial charge in [-0.2, -0.15) is 0 Å². The minimum atomic E-state index is 0.587. The number of hydrogen-bond acceptors (Lipinski definition) is 2. The van der Waals surface area contributed by atoms with E-state index in [1.807, 2.05) is 49.5 Å². The first kappa shape index (κ1) is 17.5. The van der Waals surface area contributed by atoms with Crippen molar-refractivity contribution in [2.45, 2.75) is 6.54 Å². The first-order valence-corrected chi connectivity index (χ1v) is 8.37. The van der Waals surface area contributed by atoms with Gasteiger partial charge in [0, 0.05) is 6.54 Å². The number of imidazole rings is 1. The second-order valence-corrected chi connectivity index (χ2v) is 5.92. The van der Waals surface area contributed by atoms with Crippen LogP contribution in [0, 0.1) is 3.80 Å². The van der Waals surface area contributed by atoms with Gasteiger partial charge >= 0.3 is 87.8 Å². The number of ether oxygens (including phenoxy) is 1. The Kier molecular flexibility index (Phi) is 6.57. The molecule has 0 saturated carbocycles. The summed E-state index contributed by atoms with van der Waals surface area (Å²) in [7, 11) is 3.69. The van der Waals surface area contributed by atoms with Gasteiger partial charge in [-0.15, -0.1) is 0 Å². The standard InChI is InChI=1S/C10H10N2.C8H11NO.Pt/c1-11-7-8-12(9-11)10-5-3-2-4-6-10;1-10-8-4-2-7(6-9)3-5-8;/h2-8H,1H3;2-5H,6,9H2,1H3;. The Morgan fingerprint density at radius 1 is 1.00 bits per heavy atom. The third-order valence-corrected chi connectivity index (χ3v) is 4.67. The Balaban J connectivity index is 0.000000174. The molecule has 0 aliphatic heterocycles. The van der Waals surface area contributed by atoms with Gasteiger partial charge in [0.15, 0.2) is 0 Å². The molecule has 0 atom stereocenters. The van der Waals surface area contributed by atoms with Crippen LogP contribution in [0.2, 0.25) is 0 Å². The molecule has 0 fully saturated rings. The molecule has 0 spiro atoms. The second-order valence-electron chi connectivity index (χ2n) is 4.91. The fourth-order valence-electron chi connectivity index (χ4n) is 1.99. The predicted molar refractivity (Wildman–Crippen MR) is 88.9 cm³/mol. The van der Waals surface area contributed by atoms with E-state index in [0.717, 1.165) is 11.3 Å². The molecular weight excluding hydrogens is 469 g/mol. The third kappa shape index (κ3) is 4.78. The number of methoxy groups -OCH3 is 1. The first-order valence-electron chi connectivity index (χ1n) is 7.23. The number of nitrogens with zero attached hydrogens (tertiary/aromatic N) is 2. The van der Waals surface area contributed by atoms with E-state index in [-0.39, 0.29) is 0 Å². The van der Waals surface area contributed by atoms with E-state index < -0.39 is 0 Å². The molecule has 1 aromatic heterocycles. The quantitative estimate of drug-likeness (QED) is 0.614. The van der Waals surface area contributed by atoms with E-state index >= 15 is 0 Å². The minimum absolute atomic E-state index is 0.587. The van der Waals surface area contributed by atoms with Crippen LogP contribution < -0.4 is 10.5 Å². The van der Waals surface area contributed by atoms with Crippen LogP contribution in [0.25, 0.3) is 5.69 Å². The number of hydrogen-bond donors (Lipinski definition) is 1. The molecule has 3 rings (SSSR count). The normalized spacial score (nSPS) is 9.96. The molecule has 23 heavy (non-hydrogen) atoms. The zero-order valence-corrected chi connectivity index (χ0v) is 15.5. The van der Waals surface area contributed by atoms with Gasteiger partial charge in [-0.3, -0.25) is 0 Å². The van der Waals surface area contributed by atoms with Gasteiger partial charge in [0.1, 0.15) is 5.75 Å². The van der Waals surface area contributed by atoms with Crippen molar-refractivity contribution in [2.75, 3.05) is 7.11 Å². The number of para-hydroxylation sites is 1.